The van der Waals surface area contributed by atoms with E-state index in [2.05, 4.69) is 21.2 Å². The molecule has 0 unspecified atom stereocenters. The second kappa shape index (κ2) is 7.51. The summed E-state index contributed by atoms with van der Waals surface area (Å²) in [6.07, 6.45) is 3.08. The summed E-state index contributed by atoms with van der Waals surface area (Å²) in [4.78, 5) is 38.0. The fourth-order valence-corrected chi connectivity index (χ4v) is 3.13. The van der Waals surface area contributed by atoms with Crippen LogP contribution in [0.25, 0.3) is 0 Å². The zero-order valence-corrected chi connectivity index (χ0v) is 15.9. The number of nitrogens with one attached hydrogen (secondary N) is 1. The summed E-state index contributed by atoms with van der Waals surface area (Å²) in [5, 5.41) is 2.96. The van der Waals surface area contributed by atoms with Gasteiger partial charge >= 0.3 is 0 Å². The van der Waals surface area contributed by atoms with Crippen LogP contribution in [0.3, 0.4) is 0 Å². The molecule has 1 aliphatic heterocycles. The van der Waals surface area contributed by atoms with E-state index in [-0.39, 0.29) is 35.4 Å². The maximum atomic E-state index is 12.3. The molecule has 132 valence electrons. The minimum atomic E-state index is -0.377. The molecule has 2 amide bonds. The molecule has 0 atom stereocenters. The van der Waals surface area contributed by atoms with Gasteiger partial charge in [-0.3, -0.25) is 14.4 Å². The molecule has 0 radical (unpaired) electrons. The first-order valence-electron chi connectivity index (χ1n) is 8.11. The number of rotatable bonds is 3. The number of likely N-dealkylation sites (tertiary alicyclic amines) is 1. The molecule has 24 heavy (non-hydrogen) atoms. The van der Waals surface area contributed by atoms with Gasteiger partial charge in [0.2, 0.25) is 11.8 Å². The number of carbonyl (C=O) groups excluding carboxylic acids is 2. The summed E-state index contributed by atoms with van der Waals surface area (Å²) in [5.41, 5.74) is -0.586. The Hall–Kier alpha value is -1.63. The van der Waals surface area contributed by atoms with E-state index < -0.39 is 0 Å². The van der Waals surface area contributed by atoms with E-state index in [0.717, 1.165) is 17.3 Å². The quantitative estimate of drug-likeness (QED) is 0.844. The van der Waals surface area contributed by atoms with Crippen LogP contribution >= 0.6 is 15.9 Å². The molecule has 1 N–H and O–H groups in total. The second-order valence-corrected chi connectivity index (χ2v) is 8.11. The Morgan fingerprint density at radius 3 is 2.46 bits per heavy atom. The molecular formula is C17H24BrN3O3. The molecule has 0 saturated carbocycles. The van der Waals surface area contributed by atoms with E-state index >= 15 is 0 Å². The molecule has 2 heterocycles. The van der Waals surface area contributed by atoms with E-state index in [1.165, 1.54) is 10.6 Å². The number of hydrogen-bond donors (Lipinski definition) is 1. The van der Waals surface area contributed by atoms with Crippen LogP contribution in [0.4, 0.5) is 0 Å². The van der Waals surface area contributed by atoms with Crippen LogP contribution in [0.5, 0.6) is 0 Å². The summed E-state index contributed by atoms with van der Waals surface area (Å²) in [6.45, 7) is 7.05. The number of aromatic nitrogens is 1. The van der Waals surface area contributed by atoms with Crippen molar-refractivity contribution in [2.75, 3.05) is 13.1 Å². The van der Waals surface area contributed by atoms with Crippen molar-refractivity contribution < 1.29 is 9.59 Å². The molecule has 1 aromatic heterocycles. The van der Waals surface area contributed by atoms with Crippen LogP contribution < -0.4 is 10.9 Å². The van der Waals surface area contributed by atoms with Gasteiger partial charge in [-0.15, -0.1) is 0 Å². The number of piperidine rings is 1. The highest BCUT2D eigenvalue weighted by molar-refractivity contribution is 9.10. The zero-order chi connectivity index (χ0) is 17.9. The molecule has 6 nitrogen and oxygen atoms in total. The molecule has 1 aliphatic rings. The van der Waals surface area contributed by atoms with Gasteiger partial charge in [-0.25, -0.2) is 0 Å². The summed E-state index contributed by atoms with van der Waals surface area (Å²) in [7, 11) is 0. The first-order valence-corrected chi connectivity index (χ1v) is 8.91. The Balaban J connectivity index is 1.85. The van der Waals surface area contributed by atoms with Crippen molar-refractivity contribution >= 4 is 27.7 Å². The predicted octanol–water partition coefficient (Wildman–Crippen LogP) is 1.76. The topological polar surface area (TPSA) is 71.4 Å². The molecule has 0 spiro atoms. The lowest BCUT2D eigenvalue weighted by Gasteiger charge is -2.36. The molecule has 7 heteroatoms. The van der Waals surface area contributed by atoms with Gasteiger partial charge in [0.1, 0.15) is 6.54 Å². The van der Waals surface area contributed by atoms with Gasteiger partial charge < -0.3 is 14.8 Å². The summed E-state index contributed by atoms with van der Waals surface area (Å²) < 4.78 is 2.13. The van der Waals surface area contributed by atoms with Gasteiger partial charge in [-0.05, 0) is 34.8 Å². The highest BCUT2D eigenvalue weighted by atomic mass is 79.9. The van der Waals surface area contributed by atoms with Gasteiger partial charge in [0, 0.05) is 41.3 Å². The number of nitrogens with zero attached hydrogens (tertiary/aromatic N) is 2. The van der Waals surface area contributed by atoms with Crippen molar-refractivity contribution in [3.05, 3.63) is 33.2 Å². The third-order valence-electron chi connectivity index (χ3n) is 4.05. The van der Waals surface area contributed by atoms with Crippen molar-refractivity contribution in [1.29, 1.82) is 0 Å². The van der Waals surface area contributed by atoms with E-state index in [1.807, 2.05) is 25.7 Å². The summed E-state index contributed by atoms with van der Waals surface area (Å²) in [5.74, 6) is -0.0382. The molecular weight excluding hydrogens is 374 g/mol. The van der Waals surface area contributed by atoms with Gasteiger partial charge in [-0.2, -0.15) is 0 Å². The lowest BCUT2D eigenvalue weighted by atomic mass is 9.93. The number of carbonyl (C=O) groups is 2. The van der Waals surface area contributed by atoms with E-state index in [9.17, 15) is 14.4 Å². The molecule has 0 aromatic carbocycles. The Morgan fingerprint density at radius 1 is 1.25 bits per heavy atom. The third-order valence-corrected chi connectivity index (χ3v) is 4.52. The average molecular weight is 398 g/mol. The van der Waals surface area contributed by atoms with Gasteiger partial charge in [0.25, 0.3) is 5.56 Å². The maximum absolute atomic E-state index is 12.3. The van der Waals surface area contributed by atoms with Crippen molar-refractivity contribution in [2.45, 2.75) is 46.2 Å². The number of pyridine rings is 1. The van der Waals surface area contributed by atoms with Gasteiger partial charge in [0.05, 0.1) is 0 Å². The van der Waals surface area contributed by atoms with Crippen molar-refractivity contribution in [2.24, 2.45) is 5.41 Å². The van der Waals surface area contributed by atoms with E-state index in [4.69, 9.17) is 0 Å². The van der Waals surface area contributed by atoms with Crippen LogP contribution in [0.1, 0.15) is 33.6 Å². The van der Waals surface area contributed by atoms with Crippen LogP contribution in [-0.2, 0) is 16.1 Å². The molecule has 0 aliphatic carbocycles. The maximum Gasteiger partial charge on any atom is 0.251 e. The Labute approximate surface area is 150 Å². The highest BCUT2D eigenvalue weighted by Crippen LogP contribution is 2.21. The van der Waals surface area contributed by atoms with Crippen molar-refractivity contribution in [1.82, 2.24) is 14.8 Å². The molecule has 1 saturated heterocycles. The first kappa shape index (κ1) is 18.7. The standard InChI is InChI=1S/C17H24BrN3O3/c1-17(2,3)16(24)20-8-6-13(7-9-20)19-14(22)11-21-10-12(18)4-5-15(21)23/h4-5,10,13H,6-9,11H2,1-3H3,(H,19,22). The number of hydrogen-bond acceptors (Lipinski definition) is 3. The van der Waals surface area contributed by atoms with Crippen molar-refractivity contribution in [3.63, 3.8) is 0 Å². The average Bonchev–Trinajstić information content (AvgIpc) is 2.50. The summed E-state index contributed by atoms with van der Waals surface area (Å²) in [6, 6.07) is 3.12. The molecule has 2 rings (SSSR count). The van der Waals surface area contributed by atoms with Crippen molar-refractivity contribution in [3.8, 4) is 0 Å². The van der Waals surface area contributed by atoms with Crippen LogP contribution in [0.2, 0.25) is 0 Å². The molecule has 1 aromatic rings. The monoisotopic (exact) mass is 397 g/mol. The number of halogens is 1. The third kappa shape index (κ3) is 4.93. The van der Waals surface area contributed by atoms with E-state index in [1.54, 1.807) is 12.3 Å². The normalized spacial score (nSPS) is 16.1. The SMILES string of the molecule is CC(C)(C)C(=O)N1CCC(NC(=O)Cn2cc(Br)ccc2=O)CC1. The fourth-order valence-electron chi connectivity index (χ4n) is 2.76. The van der Waals surface area contributed by atoms with E-state index in [0.29, 0.717) is 13.1 Å². The zero-order valence-electron chi connectivity index (χ0n) is 14.3. The minimum absolute atomic E-state index is 0.000586. The van der Waals surface area contributed by atoms with Crippen LogP contribution in [-0.4, -0.2) is 40.4 Å². The van der Waals surface area contributed by atoms with Gasteiger partial charge in [-0.1, -0.05) is 20.8 Å². The Morgan fingerprint density at radius 2 is 1.88 bits per heavy atom. The molecule has 0 bridgehead atoms. The molecule has 1 fully saturated rings. The number of amides is 2. The van der Waals surface area contributed by atoms with Crippen LogP contribution in [0.15, 0.2) is 27.6 Å². The Kier molecular flexibility index (Phi) is 5.85. The predicted molar refractivity (Wildman–Crippen MR) is 95.6 cm³/mol. The minimum Gasteiger partial charge on any atom is -0.352 e. The smallest absolute Gasteiger partial charge is 0.251 e. The largest absolute Gasteiger partial charge is 0.352 e. The first-order chi connectivity index (χ1) is 11.2. The summed E-state index contributed by atoms with van der Waals surface area (Å²) >= 11 is 3.29. The highest BCUT2D eigenvalue weighted by Gasteiger charge is 2.30. The Bertz CT molecular complexity index is 670. The van der Waals surface area contributed by atoms with Crippen LogP contribution in [0, 0.1) is 5.41 Å². The fraction of sp³-hybridized carbons (Fsp3) is 0.588. The lowest BCUT2D eigenvalue weighted by Crippen LogP contribution is -2.49. The van der Waals surface area contributed by atoms with Gasteiger partial charge in [0.15, 0.2) is 0 Å². The lowest BCUT2D eigenvalue weighted by molar-refractivity contribution is -0.140. The second-order valence-electron chi connectivity index (χ2n) is 7.20.